The first kappa shape index (κ1) is 10.6. The molecule has 78 valence electrons. The number of carbonyl (C=O) groups excluding carboxylic acids is 1. The van der Waals surface area contributed by atoms with Crippen LogP contribution in [0.1, 0.15) is 10.4 Å². The van der Waals surface area contributed by atoms with Crippen molar-refractivity contribution < 1.29 is 9.53 Å². The van der Waals surface area contributed by atoms with Gasteiger partial charge in [-0.3, -0.25) is 4.79 Å². The van der Waals surface area contributed by atoms with E-state index in [9.17, 15) is 4.79 Å². The van der Waals surface area contributed by atoms with Crippen molar-refractivity contribution in [3.05, 3.63) is 39.8 Å². The summed E-state index contributed by atoms with van der Waals surface area (Å²) in [4.78, 5) is 11.9. The molecule has 0 saturated heterocycles. The van der Waals surface area contributed by atoms with Gasteiger partial charge in [-0.2, -0.15) is 0 Å². The van der Waals surface area contributed by atoms with Gasteiger partial charge in [0.05, 0.1) is 9.80 Å². The second-order valence-electron chi connectivity index (χ2n) is 2.95. The zero-order chi connectivity index (χ0) is 10.8. The molecule has 0 atom stereocenters. The van der Waals surface area contributed by atoms with Crippen molar-refractivity contribution in [2.75, 3.05) is 12.5 Å². The summed E-state index contributed by atoms with van der Waals surface area (Å²) in [6.45, 7) is 0. The van der Waals surface area contributed by atoms with E-state index in [-0.39, 0.29) is 5.78 Å². The smallest absolute Gasteiger partial charge is 0.233 e. The van der Waals surface area contributed by atoms with Gasteiger partial charge in [0.25, 0.3) is 0 Å². The van der Waals surface area contributed by atoms with Crippen molar-refractivity contribution in [1.29, 1.82) is 0 Å². The number of benzene rings is 1. The van der Waals surface area contributed by atoms with Crippen LogP contribution in [0.2, 0.25) is 0 Å². The van der Waals surface area contributed by atoms with Crippen LogP contribution < -0.4 is 4.74 Å². The number of carbonyl (C=O) groups is 1. The summed E-state index contributed by atoms with van der Waals surface area (Å²) in [5.41, 5.74) is 0.660. The quantitative estimate of drug-likeness (QED) is 0.739. The van der Waals surface area contributed by atoms with Gasteiger partial charge >= 0.3 is 0 Å². The fourth-order valence-electron chi connectivity index (χ4n) is 1.42. The van der Waals surface area contributed by atoms with Gasteiger partial charge in [-0.1, -0.05) is 12.1 Å². The van der Waals surface area contributed by atoms with Crippen molar-refractivity contribution in [2.45, 2.75) is 0 Å². The largest absolute Gasteiger partial charge is 0.451 e. The van der Waals surface area contributed by atoms with E-state index >= 15 is 0 Å². The van der Waals surface area contributed by atoms with E-state index in [1.54, 1.807) is 6.07 Å². The fraction of sp³-hybridized carbons (Fsp3) is 0.182. The van der Waals surface area contributed by atoms with Crippen LogP contribution in [0.5, 0.6) is 5.75 Å². The van der Waals surface area contributed by atoms with Crippen molar-refractivity contribution in [2.24, 2.45) is 0 Å². The number of para-hydroxylation sites is 1. The first-order valence-corrected chi connectivity index (χ1v) is 6.86. The van der Waals surface area contributed by atoms with E-state index in [4.69, 9.17) is 4.74 Å². The molecular formula is C11H10O2S2. The Morgan fingerprint density at radius 3 is 2.47 bits per heavy atom. The number of fused-ring (bicyclic) bond motifs is 1. The average Bonchev–Trinajstić information content (AvgIpc) is 2.60. The van der Waals surface area contributed by atoms with Gasteiger partial charge in [-0.15, -0.1) is 23.5 Å². The van der Waals surface area contributed by atoms with Crippen molar-refractivity contribution >= 4 is 29.3 Å². The molecule has 0 aliphatic carbocycles. The lowest BCUT2D eigenvalue weighted by Gasteiger charge is -2.03. The summed E-state index contributed by atoms with van der Waals surface area (Å²) in [6.07, 6.45) is 3.89. The zero-order valence-corrected chi connectivity index (χ0v) is 10.1. The topological polar surface area (TPSA) is 26.3 Å². The molecule has 1 aliphatic heterocycles. The van der Waals surface area contributed by atoms with Crippen LogP contribution in [0.3, 0.4) is 0 Å². The van der Waals surface area contributed by atoms with E-state index in [0.717, 1.165) is 4.24 Å². The Morgan fingerprint density at radius 1 is 1.20 bits per heavy atom. The summed E-state index contributed by atoms with van der Waals surface area (Å²) in [5.74, 6) is 1.12. The predicted molar refractivity (Wildman–Crippen MR) is 65.5 cm³/mol. The van der Waals surface area contributed by atoms with Crippen LogP contribution in [-0.4, -0.2) is 18.3 Å². The molecule has 2 rings (SSSR count). The molecule has 0 spiro atoms. The monoisotopic (exact) mass is 238 g/mol. The molecular weight excluding hydrogens is 228 g/mol. The van der Waals surface area contributed by atoms with Crippen molar-refractivity contribution in [3.63, 3.8) is 0 Å². The number of hydrogen-bond acceptors (Lipinski definition) is 4. The van der Waals surface area contributed by atoms with Gasteiger partial charge in [0.1, 0.15) is 5.75 Å². The Bertz CT molecular complexity index is 432. The highest BCUT2D eigenvalue weighted by molar-refractivity contribution is 8.21. The number of rotatable bonds is 2. The Kier molecular flexibility index (Phi) is 3.07. The third-order valence-corrected chi connectivity index (χ3v) is 4.22. The molecule has 1 aliphatic rings. The molecule has 1 heterocycles. The van der Waals surface area contributed by atoms with Crippen molar-refractivity contribution in [1.82, 2.24) is 0 Å². The van der Waals surface area contributed by atoms with Gasteiger partial charge in [0.2, 0.25) is 5.78 Å². The summed E-state index contributed by atoms with van der Waals surface area (Å²) in [5, 5.41) is 0. The van der Waals surface area contributed by atoms with E-state index in [1.165, 1.54) is 23.5 Å². The number of Topliss-reactive ketones (excluding diaryl/α,β-unsaturated/α-hetero) is 1. The first-order chi connectivity index (χ1) is 7.27. The van der Waals surface area contributed by atoms with Crippen molar-refractivity contribution in [3.8, 4) is 5.75 Å². The minimum atomic E-state index is -0.00991. The molecule has 0 N–H and O–H groups in total. The lowest BCUT2D eigenvalue weighted by atomic mass is 10.1. The van der Waals surface area contributed by atoms with Gasteiger partial charge in [0.15, 0.2) is 5.76 Å². The molecule has 2 nitrogen and oxygen atoms in total. The summed E-state index contributed by atoms with van der Waals surface area (Å²) in [6, 6.07) is 7.33. The molecule has 4 heteroatoms. The lowest BCUT2D eigenvalue weighted by molar-refractivity contribution is 0.101. The van der Waals surface area contributed by atoms with E-state index < -0.39 is 0 Å². The third-order valence-electron chi connectivity index (χ3n) is 2.11. The maximum atomic E-state index is 11.9. The number of allylic oxidation sites excluding steroid dienone is 1. The Labute approximate surface area is 97.1 Å². The van der Waals surface area contributed by atoms with Crippen LogP contribution in [0.25, 0.3) is 0 Å². The van der Waals surface area contributed by atoms with Gasteiger partial charge < -0.3 is 4.74 Å². The summed E-state index contributed by atoms with van der Waals surface area (Å²) in [7, 11) is 0. The van der Waals surface area contributed by atoms with E-state index in [0.29, 0.717) is 17.1 Å². The van der Waals surface area contributed by atoms with Crippen LogP contribution in [-0.2, 0) is 0 Å². The predicted octanol–water partition coefficient (Wildman–Crippen LogP) is 3.16. The highest BCUT2D eigenvalue weighted by Gasteiger charge is 2.29. The normalized spacial score (nSPS) is 13.7. The van der Waals surface area contributed by atoms with Gasteiger partial charge in [0, 0.05) is 0 Å². The minimum absolute atomic E-state index is 0.00991. The molecule has 1 aromatic rings. The minimum Gasteiger partial charge on any atom is -0.451 e. The number of thioether (sulfide) groups is 2. The molecule has 0 amide bonds. The molecule has 1 aromatic carbocycles. The van der Waals surface area contributed by atoms with Crippen LogP contribution in [0.4, 0.5) is 0 Å². The van der Waals surface area contributed by atoms with Gasteiger partial charge in [-0.05, 0) is 24.6 Å². The molecule has 15 heavy (non-hydrogen) atoms. The standard InChI is InChI=1S/C11H10O2S2/c1-14-11(15-2)10-9(12)7-5-3-4-6-8(7)13-10/h3-6H,1-2H3. The highest BCUT2D eigenvalue weighted by Crippen LogP contribution is 2.37. The Hall–Kier alpha value is -0.870. The second kappa shape index (κ2) is 4.33. The van der Waals surface area contributed by atoms with Crippen LogP contribution >= 0.6 is 23.5 Å². The summed E-state index contributed by atoms with van der Waals surface area (Å²) >= 11 is 3.08. The molecule has 0 aromatic heterocycles. The lowest BCUT2D eigenvalue weighted by Crippen LogP contribution is -2.00. The van der Waals surface area contributed by atoms with Gasteiger partial charge in [-0.25, -0.2) is 0 Å². The Balaban J connectivity index is 2.47. The van der Waals surface area contributed by atoms with E-state index in [1.807, 2.05) is 30.7 Å². The second-order valence-corrected chi connectivity index (χ2v) is 4.84. The van der Waals surface area contributed by atoms with Crippen LogP contribution in [0, 0.1) is 0 Å². The SMILES string of the molecule is CSC(SC)=C1Oc2ccccc2C1=O. The maximum absolute atomic E-state index is 11.9. The maximum Gasteiger partial charge on any atom is 0.233 e. The highest BCUT2D eigenvalue weighted by atomic mass is 32.2. The molecule has 0 saturated carbocycles. The molecule has 0 fully saturated rings. The molecule has 0 unspecified atom stereocenters. The molecule has 0 bridgehead atoms. The summed E-state index contributed by atoms with van der Waals surface area (Å²) < 4.78 is 6.48. The number of hydrogen-bond donors (Lipinski definition) is 0. The number of ketones is 1. The number of ether oxygens (including phenoxy) is 1. The fourth-order valence-corrected chi connectivity index (χ4v) is 2.73. The molecule has 0 radical (unpaired) electrons. The van der Waals surface area contributed by atoms with Crippen LogP contribution in [0.15, 0.2) is 34.3 Å². The Morgan fingerprint density at radius 2 is 1.87 bits per heavy atom. The zero-order valence-electron chi connectivity index (χ0n) is 8.44. The first-order valence-electron chi connectivity index (χ1n) is 4.41. The average molecular weight is 238 g/mol. The third kappa shape index (κ3) is 1.79. The van der Waals surface area contributed by atoms with E-state index in [2.05, 4.69) is 0 Å².